The normalized spacial score (nSPS) is 29.3. The number of carbonyl (C=O) groups is 2. The predicted octanol–water partition coefficient (Wildman–Crippen LogP) is 2.29. The highest BCUT2D eigenvalue weighted by atomic mass is 16.5. The molecule has 21 heavy (non-hydrogen) atoms. The number of carboxylic acid groups (broad SMARTS) is 1. The molecule has 1 amide bonds. The maximum Gasteiger partial charge on any atom is 0.305 e. The maximum absolute atomic E-state index is 12.7. The minimum absolute atomic E-state index is 0.0146. The van der Waals surface area contributed by atoms with Crippen molar-refractivity contribution in [3.05, 3.63) is 0 Å². The van der Waals surface area contributed by atoms with Crippen LogP contribution >= 0.6 is 0 Å². The average molecular weight is 297 g/mol. The Bertz CT molecular complexity index is 365. The molecule has 1 N–H and O–H groups in total. The lowest BCUT2D eigenvalue weighted by molar-refractivity contribution is -0.141. The van der Waals surface area contributed by atoms with Gasteiger partial charge < -0.3 is 14.7 Å². The van der Waals surface area contributed by atoms with Gasteiger partial charge in [0, 0.05) is 25.6 Å². The molecule has 3 unspecified atom stereocenters. The second-order valence-corrected chi connectivity index (χ2v) is 6.53. The summed E-state index contributed by atoms with van der Waals surface area (Å²) in [7, 11) is 0. The fourth-order valence-corrected chi connectivity index (χ4v) is 3.47. The Morgan fingerprint density at radius 3 is 2.67 bits per heavy atom. The van der Waals surface area contributed by atoms with Gasteiger partial charge in [0.2, 0.25) is 5.91 Å². The first-order valence-corrected chi connectivity index (χ1v) is 8.18. The first-order valence-electron chi connectivity index (χ1n) is 8.18. The standard InChI is InChI=1S/C16H27NO4/c1-12-4-2-5-13(10-12)16(20)17(8-7-15(18)19)11-14-6-3-9-21-14/h12-14H,2-11H2,1H3,(H,18,19). The number of hydrogen-bond acceptors (Lipinski definition) is 3. The summed E-state index contributed by atoms with van der Waals surface area (Å²) in [6.45, 7) is 3.81. The lowest BCUT2D eigenvalue weighted by Gasteiger charge is -2.32. The fourth-order valence-electron chi connectivity index (χ4n) is 3.47. The van der Waals surface area contributed by atoms with E-state index in [1.807, 2.05) is 0 Å². The van der Waals surface area contributed by atoms with Gasteiger partial charge in [0.25, 0.3) is 0 Å². The third-order valence-corrected chi connectivity index (χ3v) is 4.64. The van der Waals surface area contributed by atoms with Crippen LogP contribution in [0.4, 0.5) is 0 Å². The van der Waals surface area contributed by atoms with Crippen molar-refractivity contribution in [3.8, 4) is 0 Å². The van der Waals surface area contributed by atoms with Crippen LogP contribution in [0.15, 0.2) is 0 Å². The number of amides is 1. The molecule has 1 saturated heterocycles. The molecule has 5 heteroatoms. The zero-order valence-electron chi connectivity index (χ0n) is 12.9. The van der Waals surface area contributed by atoms with E-state index in [2.05, 4.69) is 6.92 Å². The second-order valence-electron chi connectivity index (χ2n) is 6.53. The Morgan fingerprint density at radius 1 is 1.24 bits per heavy atom. The van der Waals surface area contributed by atoms with Crippen molar-refractivity contribution in [2.45, 2.75) is 58.0 Å². The third-order valence-electron chi connectivity index (χ3n) is 4.64. The summed E-state index contributed by atoms with van der Waals surface area (Å²) < 4.78 is 5.61. The van der Waals surface area contributed by atoms with Gasteiger partial charge in [-0.05, 0) is 31.6 Å². The van der Waals surface area contributed by atoms with Crippen LogP contribution in [0.5, 0.6) is 0 Å². The summed E-state index contributed by atoms with van der Waals surface area (Å²) in [4.78, 5) is 25.3. The molecule has 3 atom stereocenters. The van der Waals surface area contributed by atoms with E-state index < -0.39 is 5.97 Å². The van der Waals surface area contributed by atoms with Gasteiger partial charge in [-0.2, -0.15) is 0 Å². The van der Waals surface area contributed by atoms with Crippen LogP contribution < -0.4 is 0 Å². The Hall–Kier alpha value is -1.10. The van der Waals surface area contributed by atoms with Gasteiger partial charge in [0.15, 0.2) is 0 Å². The van der Waals surface area contributed by atoms with Crippen molar-refractivity contribution in [1.82, 2.24) is 4.90 Å². The van der Waals surface area contributed by atoms with Crippen molar-refractivity contribution in [2.75, 3.05) is 19.7 Å². The fraction of sp³-hybridized carbons (Fsp3) is 0.875. The molecule has 0 radical (unpaired) electrons. The first-order chi connectivity index (χ1) is 10.1. The van der Waals surface area contributed by atoms with Crippen LogP contribution in [0.2, 0.25) is 0 Å². The minimum Gasteiger partial charge on any atom is -0.481 e. The molecule has 2 fully saturated rings. The van der Waals surface area contributed by atoms with Crippen LogP contribution in [-0.4, -0.2) is 47.7 Å². The maximum atomic E-state index is 12.7. The molecule has 0 aromatic heterocycles. The molecule has 2 rings (SSSR count). The largest absolute Gasteiger partial charge is 0.481 e. The number of ether oxygens (including phenoxy) is 1. The summed E-state index contributed by atoms with van der Waals surface area (Å²) in [6, 6.07) is 0. The molecular formula is C16H27NO4. The molecule has 0 spiro atoms. The summed E-state index contributed by atoms with van der Waals surface area (Å²) in [6.07, 6.45) is 6.29. The van der Waals surface area contributed by atoms with Crippen LogP contribution in [-0.2, 0) is 14.3 Å². The van der Waals surface area contributed by atoms with Crippen molar-refractivity contribution in [2.24, 2.45) is 11.8 Å². The van der Waals surface area contributed by atoms with E-state index in [0.717, 1.165) is 38.7 Å². The molecule has 1 aliphatic heterocycles. The molecule has 1 heterocycles. The summed E-state index contributed by atoms with van der Waals surface area (Å²) in [5, 5.41) is 8.89. The van der Waals surface area contributed by atoms with Gasteiger partial charge in [0.1, 0.15) is 0 Å². The van der Waals surface area contributed by atoms with Gasteiger partial charge in [-0.15, -0.1) is 0 Å². The third kappa shape index (κ3) is 4.99. The summed E-state index contributed by atoms with van der Waals surface area (Å²) in [5.74, 6) is -0.0452. The highest BCUT2D eigenvalue weighted by Crippen LogP contribution is 2.30. The lowest BCUT2D eigenvalue weighted by Crippen LogP contribution is -2.43. The van der Waals surface area contributed by atoms with Gasteiger partial charge in [-0.3, -0.25) is 9.59 Å². The van der Waals surface area contributed by atoms with Crippen molar-refractivity contribution in [3.63, 3.8) is 0 Å². The molecule has 120 valence electrons. The molecule has 0 aromatic carbocycles. The smallest absolute Gasteiger partial charge is 0.305 e. The number of rotatable bonds is 6. The minimum atomic E-state index is -0.850. The second kappa shape index (κ2) is 7.78. The van der Waals surface area contributed by atoms with Gasteiger partial charge in [-0.1, -0.05) is 19.8 Å². The molecular weight excluding hydrogens is 270 g/mol. The van der Waals surface area contributed by atoms with E-state index in [-0.39, 0.29) is 24.3 Å². The van der Waals surface area contributed by atoms with E-state index in [9.17, 15) is 9.59 Å². The van der Waals surface area contributed by atoms with E-state index in [0.29, 0.717) is 19.0 Å². The number of carboxylic acids is 1. The molecule has 0 aromatic rings. The number of hydrogen-bond donors (Lipinski definition) is 1. The van der Waals surface area contributed by atoms with E-state index in [4.69, 9.17) is 9.84 Å². The van der Waals surface area contributed by atoms with Crippen LogP contribution in [0, 0.1) is 11.8 Å². The van der Waals surface area contributed by atoms with Gasteiger partial charge in [-0.25, -0.2) is 0 Å². The van der Waals surface area contributed by atoms with Crippen LogP contribution in [0.1, 0.15) is 51.9 Å². The average Bonchev–Trinajstić information content (AvgIpc) is 2.95. The monoisotopic (exact) mass is 297 g/mol. The summed E-state index contributed by atoms with van der Waals surface area (Å²) in [5.41, 5.74) is 0. The number of nitrogens with zero attached hydrogens (tertiary/aromatic N) is 1. The Kier molecular flexibility index (Phi) is 6.03. The van der Waals surface area contributed by atoms with Crippen molar-refractivity contribution in [1.29, 1.82) is 0 Å². The van der Waals surface area contributed by atoms with E-state index in [1.165, 1.54) is 6.42 Å². The number of aliphatic carboxylic acids is 1. The first kappa shape index (κ1) is 16.3. The molecule has 1 aliphatic carbocycles. The lowest BCUT2D eigenvalue weighted by atomic mass is 9.81. The Morgan fingerprint density at radius 2 is 2.05 bits per heavy atom. The van der Waals surface area contributed by atoms with Crippen molar-refractivity contribution < 1.29 is 19.4 Å². The zero-order chi connectivity index (χ0) is 15.2. The quantitative estimate of drug-likeness (QED) is 0.817. The predicted molar refractivity (Wildman–Crippen MR) is 78.9 cm³/mol. The topological polar surface area (TPSA) is 66.8 Å². The molecule has 0 bridgehead atoms. The van der Waals surface area contributed by atoms with Crippen LogP contribution in [0.3, 0.4) is 0 Å². The summed E-state index contributed by atoms with van der Waals surface area (Å²) >= 11 is 0. The highest BCUT2D eigenvalue weighted by molar-refractivity contribution is 5.79. The SMILES string of the molecule is CC1CCCC(C(=O)N(CCC(=O)O)CC2CCCO2)C1. The van der Waals surface area contributed by atoms with Gasteiger partial charge in [0.05, 0.1) is 12.5 Å². The molecule has 2 aliphatic rings. The Balaban J connectivity index is 1.94. The molecule has 1 saturated carbocycles. The van der Waals surface area contributed by atoms with Crippen molar-refractivity contribution >= 4 is 11.9 Å². The Labute approximate surface area is 126 Å². The van der Waals surface area contributed by atoms with Gasteiger partial charge >= 0.3 is 5.97 Å². The van der Waals surface area contributed by atoms with E-state index >= 15 is 0 Å². The molecule has 5 nitrogen and oxygen atoms in total. The van der Waals surface area contributed by atoms with Crippen LogP contribution in [0.25, 0.3) is 0 Å². The van der Waals surface area contributed by atoms with E-state index in [1.54, 1.807) is 4.90 Å². The zero-order valence-corrected chi connectivity index (χ0v) is 12.9. The number of carbonyl (C=O) groups excluding carboxylic acids is 1. The highest BCUT2D eigenvalue weighted by Gasteiger charge is 2.30.